The average molecular weight is 257 g/mol. The van der Waals surface area contributed by atoms with Gasteiger partial charge in [-0.2, -0.15) is 0 Å². The fraction of sp³-hybridized carbons (Fsp3) is 0.900. The molecule has 0 unspecified atom stereocenters. The minimum atomic E-state index is -0.341. The molecule has 0 spiro atoms. The summed E-state index contributed by atoms with van der Waals surface area (Å²) in [4.78, 5) is 11.3. The molecule has 0 aliphatic rings. The van der Waals surface area contributed by atoms with Crippen LogP contribution in [0.2, 0.25) is 0 Å². The molecule has 5 heteroatoms. The Hall–Kier alpha value is 0.01000. The number of rotatable bonds is 5. The molecule has 0 heterocycles. The van der Waals surface area contributed by atoms with Crippen LogP contribution >= 0.6 is 24.0 Å². The van der Waals surface area contributed by atoms with Crippen molar-refractivity contribution in [2.24, 2.45) is 17.6 Å². The number of carbonyl (C=O) groups excluding carboxylic acids is 1. The maximum absolute atomic E-state index is 11.3. The highest BCUT2D eigenvalue weighted by atomic mass is 35.5. The molecule has 0 aromatic heterocycles. The summed E-state index contributed by atoms with van der Waals surface area (Å²) in [6.07, 6.45) is 0. The topological polar surface area (TPSA) is 55.1 Å². The highest BCUT2D eigenvalue weighted by Crippen LogP contribution is 2.25. The third kappa shape index (κ3) is 4.17. The maximum Gasteiger partial charge on any atom is 0.235 e. The molecule has 0 aromatic rings. The highest BCUT2D eigenvalue weighted by molar-refractivity contribution is 6.27. The predicted octanol–water partition coefficient (Wildman–Crippen LogP) is 1.77. The Morgan fingerprint density at radius 2 is 1.73 bits per heavy atom. The minimum Gasteiger partial charge on any atom is -0.348 e. The zero-order chi connectivity index (χ0) is 11.4. The lowest BCUT2D eigenvalue weighted by Crippen LogP contribution is -2.61. The van der Waals surface area contributed by atoms with Crippen molar-refractivity contribution >= 4 is 29.9 Å². The van der Waals surface area contributed by atoms with Crippen molar-refractivity contribution in [3.05, 3.63) is 0 Å². The second kappa shape index (κ2) is 7.31. The first-order chi connectivity index (χ1) is 6.40. The molecule has 0 saturated heterocycles. The van der Waals surface area contributed by atoms with Crippen LogP contribution in [0.25, 0.3) is 0 Å². The zero-order valence-electron chi connectivity index (χ0n) is 9.84. The largest absolute Gasteiger partial charge is 0.348 e. The van der Waals surface area contributed by atoms with E-state index in [0.717, 1.165) is 0 Å². The Morgan fingerprint density at radius 3 is 1.93 bits per heavy atom. The molecular formula is C10H22Cl2N2O. The van der Waals surface area contributed by atoms with Crippen LogP contribution in [0.5, 0.6) is 0 Å². The first kappa shape index (κ1) is 17.4. The van der Waals surface area contributed by atoms with Gasteiger partial charge in [0.1, 0.15) is 5.88 Å². The number of nitrogens with one attached hydrogen (secondary N) is 1. The van der Waals surface area contributed by atoms with Crippen molar-refractivity contribution in [1.82, 2.24) is 5.32 Å². The molecule has 0 aliphatic heterocycles. The molecule has 3 nitrogen and oxygen atoms in total. The molecule has 0 aromatic carbocycles. The van der Waals surface area contributed by atoms with E-state index in [1.165, 1.54) is 0 Å². The average Bonchev–Trinajstić information content (AvgIpc) is 2.12. The van der Waals surface area contributed by atoms with Crippen molar-refractivity contribution in [2.75, 3.05) is 12.4 Å². The summed E-state index contributed by atoms with van der Waals surface area (Å²) in [6.45, 7) is 8.66. The van der Waals surface area contributed by atoms with Crippen LogP contribution in [0.4, 0.5) is 0 Å². The molecule has 3 N–H and O–H groups in total. The summed E-state index contributed by atoms with van der Waals surface area (Å²) in [6, 6.07) is 0. The predicted molar refractivity (Wildman–Crippen MR) is 67.6 cm³/mol. The summed E-state index contributed by atoms with van der Waals surface area (Å²) in [5.74, 6) is 0.417. The molecule has 92 valence electrons. The maximum atomic E-state index is 11.3. The molecule has 0 radical (unpaired) electrons. The van der Waals surface area contributed by atoms with Crippen molar-refractivity contribution in [3.63, 3.8) is 0 Å². The fourth-order valence-corrected chi connectivity index (χ4v) is 1.84. The van der Waals surface area contributed by atoms with Gasteiger partial charge >= 0.3 is 0 Å². The van der Waals surface area contributed by atoms with Crippen LogP contribution in [0.1, 0.15) is 27.7 Å². The standard InChI is InChI=1S/C10H21ClN2O.ClH/c1-7(2)10(6-12,8(3)4)13-9(14)5-11;/h7-8H,5-6,12H2,1-4H3,(H,13,14);1H. The third-order valence-corrected chi connectivity index (χ3v) is 3.13. The van der Waals surface area contributed by atoms with Gasteiger partial charge in [-0.25, -0.2) is 0 Å². The van der Waals surface area contributed by atoms with Gasteiger partial charge in [0, 0.05) is 6.54 Å². The highest BCUT2D eigenvalue weighted by Gasteiger charge is 2.36. The molecule has 0 fully saturated rings. The van der Waals surface area contributed by atoms with Gasteiger partial charge in [0.05, 0.1) is 5.54 Å². The number of amides is 1. The van der Waals surface area contributed by atoms with E-state index in [0.29, 0.717) is 18.4 Å². The van der Waals surface area contributed by atoms with E-state index in [1.54, 1.807) is 0 Å². The van der Waals surface area contributed by atoms with Crippen molar-refractivity contribution in [3.8, 4) is 0 Å². The summed E-state index contributed by atoms with van der Waals surface area (Å²) in [7, 11) is 0. The SMILES string of the molecule is CC(C)C(CN)(NC(=O)CCl)C(C)C.Cl. The molecule has 0 saturated carbocycles. The van der Waals surface area contributed by atoms with Gasteiger partial charge in [0.2, 0.25) is 5.91 Å². The minimum absolute atomic E-state index is 0. The van der Waals surface area contributed by atoms with Gasteiger partial charge in [-0.05, 0) is 11.8 Å². The van der Waals surface area contributed by atoms with Crippen molar-refractivity contribution in [1.29, 1.82) is 0 Å². The first-order valence-corrected chi connectivity index (χ1v) is 5.51. The van der Waals surface area contributed by atoms with E-state index in [4.69, 9.17) is 17.3 Å². The lowest BCUT2D eigenvalue weighted by atomic mass is 9.77. The van der Waals surface area contributed by atoms with Crippen LogP contribution in [-0.4, -0.2) is 23.9 Å². The van der Waals surface area contributed by atoms with Crippen LogP contribution in [0.15, 0.2) is 0 Å². The molecule has 0 bridgehead atoms. The smallest absolute Gasteiger partial charge is 0.235 e. The van der Waals surface area contributed by atoms with Gasteiger partial charge in [-0.1, -0.05) is 27.7 Å². The summed E-state index contributed by atoms with van der Waals surface area (Å²) in [5, 5.41) is 2.93. The van der Waals surface area contributed by atoms with E-state index < -0.39 is 0 Å². The summed E-state index contributed by atoms with van der Waals surface area (Å²) >= 11 is 5.47. The fourth-order valence-electron chi connectivity index (χ4n) is 1.77. The lowest BCUT2D eigenvalue weighted by Gasteiger charge is -2.41. The Kier molecular flexibility index (Phi) is 8.48. The molecule has 1 amide bonds. The van der Waals surface area contributed by atoms with Gasteiger partial charge in [0.25, 0.3) is 0 Å². The number of alkyl halides is 1. The molecule has 15 heavy (non-hydrogen) atoms. The van der Waals surface area contributed by atoms with Gasteiger partial charge in [0.15, 0.2) is 0 Å². The molecule has 0 rings (SSSR count). The Labute approximate surface area is 104 Å². The Balaban J connectivity index is 0. The lowest BCUT2D eigenvalue weighted by molar-refractivity contribution is -0.121. The second-order valence-corrected chi connectivity index (χ2v) is 4.50. The Bertz CT molecular complexity index is 188. The molecule has 0 aliphatic carbocycles. The van der Waals surface area contributed by atoms with E-state index in [-0.39, 0.29) is 29.7 Å². The van der Waals surface area contributed by atoms with E-state index in [9.17, 15) is 4.79 Å². The first-order valence-electron chi connectivity index (χ1n) is 4.97. The Morgan fingerprint density at radius 1 is 1.33 bits per heavy atom. The second-order valence-electron chi connectivity index (χ2n) is 4.24. The van der Waals surface area contributed by atoms with Crippen LogP contribution < -0.4 is 11.1 Å². The molecule has 0 atom stereocenters. The summed E-state index contributed by atoms with van der Waals surface area (Å²) < 4.78 is 0. The van der Waals surface area contributed by atoms with Crippen molar-refractivity contribution < 1.29 is 4.79 Å². The quantitative estimate of drug-likeness (QED) is 0.737. The van der Waals surface area contributed by atoms with Crippen LogP contribution in [-0.2, 0) is 4.79 Å². The van der Waals surface area contributed by atoms with E-state index in [2.05, 4.69) is 33.0 Å². The van der Waals surface area contributed by atoms with E-state index >= 15 is 0 Å². The van der Waals surface area contributed by atoms with Gasteiger partial charge < -0.3 is 11.1 Å². The molecular weight excluding hydrogens is 235 g/mol. The number of nitrogens with two attached hydrogens (primary N) is 1. The monoisotopic (exact) mass is 256 g/mol. The van der Waals surface area contributed by atoms with Crippen LogP contribution in [0.3, 0.4) is 0 Å². The van der Waals surface area contributed by atoms with Gasteiger partial charge in [-0.3, -0.25) is 4.79 Å². The van der Waals surface area contributed by atoms with Crippen molar-refractivity contribution in [2.45, 2.75) is 33.2 Å². The number of hydrogen-bond acceptors (Lipinski definition) is 2. The number of carbonyl (C=O) groups is 1. The number of hydrogen-bond donors (Lipinski definition) is 2. The third-order valence-electron chi connectivity index (χ3n) is 2.89. The normalized spacial score (nSPS) is 11.5. The summed E-state index contributed by atoms with van der Waals surface area (Å²) in [5.41, 5.74) is 5.41. The van der Waals surface area contributed by atoms with Crippen LogP contribution in [0, 0.1) is 11.8 Å². The van der Waals surface area contributed by atoms with Gasteiger partial charge in [-0.15, -0.1) is 24.0 Å². The zero-order valence-corrected chi connectivity index (χ0v) is 11.4. The van der Waals surface area contributed by atoms with E-state index in [1.807, 2.05) is 0 Å². The number of halogens is 2.